The van der Waals surface area contributed by atoms with Crippen molar-refractivity contribution in [2.24, 2.45) is 4.99 Å². The van der Waals surface area contributed by atoms with Crippen molar-refractivity contribution in [1.29, 1.82) is 0 Å². The maximum absolute atomic E-state index is 12.1. The number of hydrogen-bond acceptors (Lipinski definition) is 1. The van der Waals surface area contributed by atoms with Gasteiger partial charge in [0, 0.05) is 5.57 Å². The number of halogens is 1. The molecule has 0 aliphatic rings. The second kappa shape index (κ2) is 8.08. The summed E-state index contributed by atoms with van der Waals surface area (Å²) in [5.74, 6) is -0.556. The minimum atomic E-state index is -0.556. The Labute approximate surface area is 62.0 Å². The van der Waals surface area contributed by atoms with Gasteiger partial charge in [0.1, 0.15) is 0 Å². The van der Waals surface area contributed by atoms with E-state index in [0.29, 0.717) is 5.57 Å². The topological polar surface area (TPSA) is 12.4 Å². The van der Waals surface area contributed by atoms with Gasteiger partial charge in [0.05, 0.1) is 0 Å². The van der Waals surface area contributed by atoms with Gasteiger partial charge in [-0.2, -0.15) is 4.39 Å². The summed E-state index contributed by atoms with van der Waals surface area (Å²) in [5.41, 5.74) is 0.417. The second-order valence-electron chi connectivity index (χ2n) is 1.34. The van der Waals surface area contributed by atoms with Gasteiger partial charge in [-0.15, -0.1) is 0 Å². The molecule has 0 aromatic rings. The van der Waals surface area contributed by atoms with Gasteiger partial charge >= 0.3 is 0 Å². The summed E-state index contributed by atoms with van der Waals surface area (Å²) in [5, 5.41) is 0. The molecule has 0 radical (unpaired) electrons. The van der Waals surface area contributed by atoms with Crippen LogP contribution in [0.4, 0.5) is 4.39 Å². The van der Waals surface area contributed by atoms with E-state index in [1.54, 1.807) is 6.92 Å². The number of nitrogens with zero attached hydrogens (tertiary/aromatic N) is 1. The normalized spacial score (nSPS) is 10.4. The van der Waals surface area contributed by atoms with Crippen LogP contribution in [0.15, 0.2) is 29.2 Å². The van der Waals surface area contributed by atoms with Gasteiger partial charge in [-0.3, -0.25) is 0 Å². The van der Waals surface area contributed by atoms with Gasteiger partial charge in [0.25, 0.3) is 0 Å². The molecule has 0 saturated heterocycles. The van der Waals surface area contributed by atoms with Crippen molar-refractivity contribution in [3.05, 3.63) is 24.2 Å². The van der Waals surface area contributed by atoms with E-state index in [0.717, 1.165) is 0 Å². The Hall–Kier alpha value is -0.920. The Kier molecular flexibility index (Phi) is 9.56. The summed E-state index contributed by atoms with van der Waals surface area (Å²) in [4.78, 5) is 3.05. The molecule has 0 aromatic carbocycles. The zero-order valence-electron chi connectivity index (χ0n) is 6.82. The monoisotopic (exact) mass is 143 g/mol. The Morgan fingerprint density at radius 2 is 1.90 bits per heavy atom. The summed E-state index contributed by atoms with van der Waals surface area (Å²) in [6.07, 6.45) is 1.39. The average molecular weight is 143 g/mol. The first-order chi connectivity index (χ1) is 4.72. The van der Waals surface area contributed by atoms with Gasteiger partial charge in [0.15, 0.2) is 0 Å². The van der Waals surface area contributed by atoms with E-state index < -0.39 is 5.95 Å². The van der Waals surface area contributed by atoms with Crippen LogP contribution in [0.2, 0.25) is 0 Å². The van der Waals surface area contributed by atoms with Crippen LogP contribution in [0.5, 0.6) is 0 Å². The fraction of sp³-hybridized carbons (Fsp3) is 0.375. The predicted octanol–water partition coefficient (Wildman–Crippen LogP) is 3.10. The zero-order chi connectivity index (χ0) is 8.57. The third kappa shape index (κ3) is 5.22. The minimum absolute atomic E-state index is 0.417. The number of allylic oxidation sites excluding steroid dienone is 2. The largest absolute Gasteiger partial charge is 0.236 e. The van der Waals surface area contributed by atoms with Crippen LogP contribution in [0.3, 0.4) is 0 Å². The summed E-state index contributed by atoms with van der Waals surface area (Å²) in [7, 11) is 0. The number of hydrogen-bond donors (Lipinski definition) is 0. The molecule has 0 aliphatic heterocycles. The lowest BCUT2D eigenvalue weighted by Gasteiger charge is -1.86. The molecule has 0 fully saturated rings. The molecule has 58 valence electrons. The molecule has 0 unspecified atom stereocenters. The number of rotatable bonds is 2. The summed E-state index contributed by atoms with van der Waals surface area (Å²) < 4.78 is 12.1. The van der Waals surface area contributed by atoms with Crippen molar-refractivity contribution in [3.8, 4) is 0 Å². The molecule has 0 heterocycles. The van der Waals surface area contributed by atoms with Crippen LogP contribution in [0.1, 0.15) is 20.8 Å². The molecule has 0 rings (SSSR count). The molecule has 0 bridgehead atoms. The van der Waals surface area contributed by atoms with Crippen molar-refractivity contribution < 1.29 is 4.39 Å². The van der Waals surface area contributed by atoms with E-state index in [-0.39, 0.29) is 0 Å². The van der Waals surface area contributed by atoms with Crippen LogP contribution < -0.4 is 0 Å². The molecule has 0 atom stereocenters. The van der Waals surface area contributed by atoms with Crippen LogP contribution in [0, 0.1) is 0 Å². The van der Waals surface area contributed by atoms with Crippen molar-refractivity contribution in [2.45, 2.75) is 20.8 Å². The Morgan fingerprint density at radius 1 is 1.50 bits per heavy atom. The van der Waals surface area contributed by atoms with Crippen LogP contribution >= 0.6 is 0 Å². The van der Waals surface area contributed by atoms with Crippen LogP contribution in [-0.4, -0.2) is 6.72 Å². The fourth-order valence-electron chi connectivity index (χ4n) is 0.209. The quantitative estimate of drug-likeness (QED) is 0.320. The predicted molar refractivity (Wildman–Crippen MR) is 44.9 cm³/mol. The lowest BCUT2D eigenvalue weighted by Crippen LogP contribution is -1.70. The summed E-state index contributed by atoms with van der Waals surface area (Å²) in [6.45, 7) is 11.9. The van der Waals surface area contributed by atoms with Gasteiger partial charge in [-0.1, -0.05) is 26.5 Å². The smallest absolute Gasteiger partial charge is 0.215 e. The molecule has 2 heteroatoms. The van der Waals surface area contributed by atoms with Crippen LogP contribution in [0.25, 0.3) is 0 Å². The van der Waals surface area contributed by atoms with E-state index in [2.05, 4.69) is 18.3 Å². The van der Waals surface area contributed by atoms with Crippen molar-refractivity contribution in [3.63, 3.8) is 0 Å². The van der Waals surface area contributed by atoms with Crippen molar-refractivity contribution >= 4 is 6.72 Å². The van der Waals surface area contributed by atoms with Crippen molar-refractivity contribution in [2.75, 3.05) is 0 Å². The highest BCUT2D eigenvalue weighted by atomic mass is 19.1. The molecule has 0 spiro atoms. The Bertz CT molecular complexity index is 120. The van der Waals surface area contributed by atoms with Crippen LogP contribution in [-0.2, 0) is 0 Å². The summed E-state index contributed by atoms with van der Waals surface area (Å²) >= 11 is 0. The molecule has 0 amide bonds. The Morgan fingerprint density at radius 3 is 2.00 bits per heavy atom. The SMILES string of the molecule is C=C/C(C)=C(/F)N=C.CC. The molecule has 0 saturated carbocycles. The fourth-order valence-corrected chi connectivity index (χ4v) is 0.209. The molecular weight excluding hydrogens is 129 g/mol. The highest BCUT2D eigenvalue weighted by molar-refractivity contribution is 5.30. The maximum Gasteiger partial charge on any atom is 0.215 e. The molecule has 0 N–H and O–H groups in total. The lowest BCUT2D eigenvalue weighted by molar-refractivity contribution is 0.621. The van der Waals surface area contributed by atoms with E-state index in [1.807, 2.05) is 13.8 Å². The van der Waals surface area contributed by atoms with E-state index in [4.69, 9.17) is 0 Å². The lowest BCUT2D eigenvalue weighted by atomic mass is 10.3. The second-order valence-corrected chi connectivity index (χ2v) is 1.34. The first-order valence-corrected chi connectivity index (χ1v) is 3.18. The average Bonchev–Trinajstić information content (AvgIpc) is 2.05. The minimum Gasteiger partial charge on any atom is -0.236 e. The molecule has 0 aromatic heterocycles. The van der Waals surface area contributed by atoms with E-state index in [9.17, 15) is 4.39 Å². The standard InChI is InChI=1S/C6H8FN.C2H6/c1-4-5(2)6(7)8-3;1-2/h4H,1,3H2,2H3;1-2H3/b6-5-;. The molecule has 1 nitrogen and oxygen atoms in total. The zero-order valence-corrected chi connectivity index (χ0v) is 6.82. The maximum atomic E-state index is 12.1. The number of aliphatic imine (C=N–C) groups is 1. The van der Waals surface area contributed by atoms with E-state index >= 15 is 0 Å². The van der Waals surface area contributed by atoms with Gasteiger partial charge in [0.2, 0.25) is 5.95 Å². The molecular formula is C8H14FN. The molecule has 0 aliphatic carbocycles. The third-order valence-electron chi connectivity index (χ3n) is 0.770. The van der Waals surface area contributed by atoms with E-state index in [1.165, 1.54) is 6.08 Å². The van der Waals surface area contributed by atoms with Gasteiger partial charge in [-0.25, -0.2) is 4.99 Å². The van der Waals surface area contributed by atoms with Gasteiger partial charge in [-0.05, 0) is 13.6 Å². The highest BCUT2D eigenvalue weighted by Crippen LogP contribution is 2.05. The Balaban J connectivity index is 0. The summed E-state index contributed by atoms with van der Waals surface area (Å²) in [6, 6.07) is 0. The molecule has 10 heavy (non-hydrogen) atoms. The first kappa shape index (κ1) is 11.8. The highest BCUT2D eigenvalue weighted by Gasteiger charge is 1.89. The first-order valence-electron chi connectivity index (χ1n) is 3.18. The third-order valence-corrected chi connectivity index (χ3v) is 0.770. The van der Waals surface area contributed by atoms with Crippen molar-refractivity contribution in [1.82, 2.24) is 0 Å². The van der Waals surface area contributed by atoms with Gasteiger partial charge < -0.3 is 0 Å².